The first-order valence-corrected chi connectivity index (χ1v) is 9.80. The van der Waals surface area contributed by atoms with Gasteiger partial charge >= 0.3 is 0 Å². The van der Waals surface area contributed by atoms with Crippen molar-refractivity contribution in [1.29, 1.82) is 0 Å². The molecule has 1 atom stereocenters. The zero-order valence-corrected chi connectivity index (χ0v) is 17.7. The number of aryl methyl sites for hydroxylation is 2. The van der Waals surface area contributed by atoms with E-state index in [2.05, 4.69) is 12.2 Å². The van der Waals surface area contributed by atoms with Gasteiger partial charge in [-0.3, -0.25) is 4.79 Å². The van der Waals surface area contributed by atoms with Crippen LogP contribution in [0.3, 0.4) is 0 Å². The maximum Gasteiger partial charge on any atom is 0.251 e. The molecule has 0 radical (unpaired) electrons. The highest BCUT2D eigenvalue weighted by Gasteiger charge is 2.14. The van der Waals surface area contributed by atoms with E-state index >= 15 is 0 Å². The highest BCUT2D eigenvalue weighted by molar-refractivity contribution is 5.94. The normalized spacial score (nSPS) is 11.6. The molecule has 0 aliphatic heterocycles. The maximum atomic E-state index is 13.1. The largest absolute Gasteiger partial charge is 0.496 e. The van der Waals surface area contributed by atoms with Crippen LogP contribution in [0, 0.1) is 19.7 Å². The fourth-order valence-corrected chi connectivity index (χ4v) is 3.11. The van der Waals surface area contributed by atoms with Gasteiger partial charge in [0.25, 0.3) is 5.91 Å². The van der Waals surface area contributed by atoms with E-state index in [1.807, 2.05) is 32.0 Å². The van der Waals surface area contributed by atoms with Crippen LogP contribution in [0.15, 0.2) is 60.7 Å². The summed E-state index contributed by atoms with van der Waals surface area (Å²) in [5.74, 6) is 0.893. The summed E-state index contributed by atoms with van der Waals surface area (Å²) < 4.78 is 24.5. The van der Waals surface area contributed by atoms with Crippen molar-refractivity contribution in [2.75, 3.05) is 7.11 Å². The van der Waals surface area contributed by atoms with Crippen molar-refractivity contribution in [3.05, 3.63) is 94.3 Å². The lowest BCUT2D eigenvalue weighted by molar-refractivity contribution is 0.0939. The monoisotopic (exact) mass is 407 g/mol. The van der Waals surface area contributed by atoms with Crippen molar-refractivity contribution in [3.8, 4) is 11.5 Å². The molecule has 0 fully saturated rings. The van der Waals surface area contributed by atoms with Crippen LogP contribution in [0.25, 0.3) is 0 Å². The molecule has 3 aromatic carbocycles. The average Bonchev–Trinajstić information content (AvgIpc) is 2.74. The lowest BCUT2D eigenvalue weighted by atomic mass is 10.1. The number of carbonyl (C=O) groups excluding carboxylic acids is 1. The first kappa shape index (κ1) is 21.4. The van der Waals surface area contributed by atoms with Gasteiger partial charge in [-0.1, -0.05) is 18.2 Å². The van der Waals surface area contributed by atoms with Crippen LogP contribution >= 0.6 is 0 Å². The van der Waals surface area contributed by atoms with Crippen molar-refractivity contribution in [2.24, 2.45) is 0 Å². The first-order chi connectivity index (χ1) is 14.4. The third-order valence-electron chi connectivity index (χ3n) is 5.13. The quantitative estimate of drug-likeness (QED) is 0.561. The van der Waals surface area contributed by atoms with Crippen LogP contribution in [0.2, 0.25) is 0 Å². The minimum absolute atomic E-state index is 0.220. The molecule has 5 heteroatoms. The Balaban J connectivity index is 1.73. The van der Waals surface area contributed by atoms with Gasteiger partial charge in [-0.05, 0) is 79.9 Å². The van der Waals surface area contributed by atoms with E-state index in [4.69, 9.17) is 9.47 Å². The molecule has 0 saturated carbocycles. The van der Waals surface area contributed by atoms with E-state index in [1.165, 1.54) is 17.7 Å². The maximum absolute atomic E-state index is 13.1. The van der Waals surface area contributed by atoms with Gasteiger partial charge in [0.15, 0.2) is 0 Å². The fourth-order valence-electron chi connectivity index (χ4n) is 3.11. The molecule has 0 bridgehead atoms. The fraction of sp³-hybridized carbons (Fsp3) is 0.240. The van der Waals surface area contributed by atoms with E-state index in [9.17, 15) is 9.18 Å². The van der Waals surface area contributed by atoms with E-state index < -0.39 is 0 Å². The number of nitrogens with one attached hydrogen (secondary N) is 1. The molecule has 0 aliphatic carbocycles. The first-order valence-electron chi connectivity index (χ1n) is 9.80. The number of ether oxygens (including phenoxy) is 2. The van der Waals surface area contributed by atoms with Gasteiger partial charge in [-0.15, -0.1) is 0 Å². The smallest absolute Gasteiger partial charge is 0.251 e. The van der Waals surface area contributed by atoms with Crippen LogP contribution in [0.1, 0.15) is 45.6 Å². The Morgan fingerprint density at radius 2 is 1.73 bits per heavy atom. The Morgan fingerprint density at radius 3 is 2.40 bits per heavy atom. The van der Waals surface area contributed by atoms with E-state index in [0.717, 1.165) is 22.4 Å². The molecule has 3 aromatic rings. The summed E-state index contributed by atoms with van der Waals surface area (Å²) in [5, 5.41) is 2.94. The highest BCUT2D eigenvalue weighted by Crippen LogP contribution is 2.24. The number of amides is 1. The molecule has 30 heavy (non-hydrogen) atoms. The zero-order valence-electron chi connectivity index (χ0n) is 17.7. The van der Waals surface area contributed by atoms with Crippen LogP contribution in [-0.4, -0.2) is 13.0 Å². The molecule has 0 heterocycles. The van der Waals surface area contributed by atoms with Crippen LogP contribution in [-0.2, 0) is 6.61 Å². The molecule has 1 amide bonds. The summed E-state index contributed by atoms with van der Waals surface area (Å²) in [6, 6.07) is 17.0. The van der Waals surface area contributed by atoms with Gasteiger partial charge < -0.3 is 14.8 Å². The Kier molecular flexibility index (Phi) is 6.72. The number of rotatable bonds is 7. The number of hydrogen-bond acceptors (Lipinski definition) is 3. The van der Waals surface area contributed by atoms with Gasteiger partial charge in [0, 0.05) is 11.1 Å². The molecule has 1 N–H and O–H groups in total. The Bertz CT molecular complexity index is 1030. The Hall–Kier alpha value is -3.34. The second kappa shape index (κ2) is 9.44. The third-order valence-corrected chi connectivity index (χ3v) is 5.13. The number of hydrogen-bond donors (Lipinski definition) is 1. The predicted molar refractivity (Wildman–Crippen MR) is 116 cm³/mol. The number of carbonyl (C=O) groups is 1. The molecule has 156 valence electrons. The summed E-state index contributed by atoms with van der Waals surface area (Å²) in [7, 11) is 1.59. The molecule has 0 aromatic heterocycles. The summed E-state index contributed by atoms with van der Waals surface area (Å²) in [6.07, 6.45) is 0. The van der Waals surface area contributed by atoms with E-state index in [1.54, 1.807) is 37.4 Å². The summed E-state index contributed by atoms with van der Waals surface area (Å²) in [4.78, 5) is 12.7. The summed E-state index contributed by atoms with van der Waals surface area (Å²) >= 11 is 0. The lowest BCUT2D eigenvalue weighted by Gasteiger charge is -2.16. The van der Waals surface area contributed by atoms with Crippen LogP contribution < -0.4 is 14.8 Å². The third kappa shape index (κ3) is 5.17. The molecule has 0 saturated heterocycles. The molecule has 3 rings (SSSR count). The standard InChI is InChI=1S/C25H26FNO3/c1-16-5-11-23(13-17(16)2)30-15-21-14-20(8-12-24(21)29-4)25(28)27-18(3)19-6-9-22(26)10-7-19/h5-14,18H,15H2,1-4H3,(H,27,28)/t18-/m1/s1. The summed E-state index contributed by atoms with van der Waals surface area (Å²) in [5.41, 5.74) is 4.47. The topological polar surface area (TPSA) is 47.6 Å². The van der Waals surface area contributed by atoms with Gasteiger partial charge in [0.1, 0.15) is 23.9 Å². The van der Waals surface area contributed by atoms with Crippen molar-refractivity contribution in [3.63, 3.8) is 0 Å². The highest BCUT2D eigenvalue weighted by atomic mass is 19.1. The van der Waals surface area contributed by atoms with Crippen molar-refractivity contribution >= 4 is 5.91 Å². The van der Waals surface area contributed by atoms with E-state index in [0.29, 0.717) is 11.3 Å². The van der Waals surface area contributed by atoms with Gasteiger partial charge in [0.2, 0.25) is 0 Å². The minimum atomic E-state index is -0.305. The molecule has 0 aliphatic rings. The van der Waals surface area contributed by atoms with Gasteiger partial charge in [-0.25, -0.2) is 4.39 Å². The second-order valence-corrected chi connectivity index (χ2v) is 7.31. The van der Waals surface area contributed by atoms with Crippen LogP contribution in [0.5, 0.6) is 11.5 Å². The van der Waals surface area contributed by atoms with Crippen molar-refractivity contribution < 1.29 is 18.7 Å². The Morgan fingerprint density at radius 1 is 1.00 bits per heavy atom. The number of halogens is 1. The molecular weight excluding hydrogens is 381 g/mol. The molecular formula is C25H26FNO3. The SMILES string of the molecule is COc1ccc(C(=O)N[C@H](C)c2ccc(F)cc2)cc1COc1ccc(C)c(C)c1. The predicted octanol–water partition coefficient (Wildman–Crippen LogP) is 5.52. The van der Waals surface area contributed by atoms with Crippen LogP contribution in [0.4, 0.5) is 4.39 Å². The summed E-state index contributed by atoms with van der Waals surface area (Å²) in [6.45, 7) is 6.23. The van der Waals surface area contributed by atoms with Crippen molar-refractivity contribution in [1.82, 2.24) is 5.32 Å². The molecule has 0 unspecified atom stereocenters. The molecule has 0 spiro atoms. The second-order valence-electron chi connectivity index (χ2n) is 7.31. The molecule has 4 nitrogen and oxygen atoms in total. The number of methoxy groups -OCH3 is 1. The average molecular weight is 407 g/mol. The number of benzene rings is 3. The van der Waals surface area contributed by atoms with Gasteiger partial charge in [0.05, 0.1) is 13.2 Å². The van der Waals surface area contributed by atoms with Crippen molar-refractivity contribution in [2.45, 2.75) is 33.4 Å². The minimum Gasteiger partial charge on any atom is -0.496 e. The Labute approximate surface area is 176 Å². The van der Waals surface area contributed by atoms with Gasteiger partial charge in [-0.2, -0.15) is 0 Å². The van der Waals surface area contributed by atoms with E-state index in [-0.39, 0.29) is 24.4 Å². The lowest BCUT2D eigenvalue weighted by Crippen LogP contribution is -2.26. The zero-order chi connectivity index (χ0) is 21.7.